The molecule has 2 amide bonds. The number of carbonyl (C=O) groups is 3. The van der Waals surface area contributed by atoms with Gasteiger partial charge in [0, 0.05) is 13.1 Å². The number of esters is 1. The summed E-state index contributed by atoms with van der Waals surface area (Å²) in [7, 11) is 0. The topological polar surface area (TPSA) is 96.4 Å². The van der Waals surface area contributed by atoms with E-state index in [1.54, 1.807) is 37.0 Å². The summed E-state index contributed by atoms with van der Waals surface area (Å²) in [5, 5.41) is 9.92. The van der Waals surface area contributed by atoms with Gasteiger partial charge in [-0.3, -0.25) is 14.4 Å². The summed E-state index contributed by atoms with van der Waals surface area (Å²) in [6, 6.07) is 8.02. The number of aliphatic hydroxyl groups excluding tert-OH is 1. The fourth-order valence-corrected chi connectivity index (χ4v) is 5.85. The quantitative estimate of drug-likeness (QED) is 0.542. The molecular formula is C25H28N2O6. The number of likely N-dealkylation sites (tertiary alicyclic amines) is 1. The number of ether oxygens (including phenoxy) is 2. The molecule has 8 nitrogen and oxygen atoms in total. The van der Waals surface area contributed by atoms with E-state index < -0.39 is 41.1 Å². The third kappa shape index (κ3) is 3.15. The SMILES string of the molecule is C[C@H](CO)N1C(=O)[C@@H]2[C@H]3C(=O)OCC=C[C@@]3(C)O[C@@]23C=CCN(Cc2ccccc2)C(=O)C13. The second-order valence-electron chi connectivity index (χ2n) is 9.41. The van der Waals surface area contributed by atoms with Gasteiger partial charge in [-0.1, -0.05) is 48.6 Å². The minimum Gasteiger partial charge on any atom is -0.461 e. The number of hydrogen-bond acceptors (Lipinski definition) is 6. The van der Waals surface area contributed by atoms with Crippen molar-refractivity contribution in [2.45, 2.75) is 43.7 Å². The second kappa shape index (κ2) is 7.81. The van der Waals surface area contributed by atoms with E-state index in [1.165, 1.54) is 4.90 Å². The standard InChI is InChI=1S/C25H28N2O6/c1-16(15-28)27-20-22(30)26(14-17-8-4-3-5-9-17)12-6-11-25(20)18(21(27)29)19-23(31)32-13-7-10-24(19,2)33-25/h3-11,16,18-20,28H,12-15H2,1-2H3/t16-,18+,19+,20?,24-,25+/m1/s1. The van der Waals surface area contributed by atoms with Crippen LogP contribution in [0.15, 0.2) is 54.6 Å². The van der Waals surface area contributed by atoms with E-state index >= 15 is 0 Å². The molecule has 8 heteroatoms. The summed E-state index contributed by atoms with van der Waals surface area (Å²) < 4.78 is 11.9. The van der Waals surface area contributed by atoms with E-state index in [4.69, 9.17) is 9.47 Å². The van der Waals surface area contributed by atoms with Crippen LogP contribution in [0.4, 0.5) is 0 Å². The molecule has 1 unspecified atom stereocenters. The highest BCUT2D eigenvalue weighted by Gasteiger charge is 2.75. The first-order valence-corrected chi connectivity index (χ1v) is 11.3. The number of cyclic esters (lactones) is 1. The number of nitrogens with zero attached hydrogens (tertiary/aromatic N) is 2. The van der Waals surface area contributed by atoms with E-state index in [0.29, 0.717) is 13.1 Å². The number of fused-ring (bicyclic) bond motifs is 2. The summed E-state index contributed by atoms with van der Waals surface area (Å²) in [4.78, 5) is 43.9. The zero-order chi connectivity index (χ0) is 23.4. The van der Waals surface area contributed by atoms with Gasteiger partial charge in [0.05, 0.1) is 24.2 Å². The molecule has 6 atom stereocenters. The van der Waals surface area contributed by atoms with E-state index in [1.807, 2.05) is 36.4 Å². The lowest BCUT2D eigenvalue weighted by Gasteiger charge is -2.39. The second-order valence-corrected chi connectivity index (χ2v) is 9.41. The van der Waals surface area contributed by atoms with Crippen molar-refractivity contribution in [1.82, 2.24) is 9.80 Å². The predicted molar refractivity (Wildman–Crippen MR) is 117 cm³/mol. The molecule has 1 spiro atoms. The van der Waals surface area contributed by atoms with Crippen molar-refractivity contribution in [2.75, 3.05) is 19.8 Å². The highest BCUT2D eigenvalue weighted by Crippen LogP contribution is 2.57. The Kier molecular flexibility index (Phi) is 5.17. The number of aliphatic hydroxyl groups is 1. The van der Waals surface area contributed by atoms with Crippen LogP contribution in [0.3, 0.4) is 0 Å². The van der Waals surface area contributed by atoms with Gasteiger partial charge in [0.2, 0.25) is 11.8 Å². The van der Waals surface area contributed by atoms with Gasteiger partial charge >= 0.3 is 5.97 Å². The van der Waals surface area contributed by atoms with Crippen LogP contribution in [-0.2, 0) is 30.4 Å². The average Bonchev–Trinajstić information content (AvgIpc) is 3.08. The molecule has 1 N–H and O–H groups in total. The Bertz CT molecular complexity index is 1040. The van der Waals surface area contributed by atoms with Crippen molar-refractivity contribution in [3.05, 3.63) is 60.2 Å². The van der Waals surface area contributed by atoms with Crippen molar-refractivity contribution >= 4 is 17.8 Å². The van der Waals surface area contributed by atoms with Crippen LogP contribution < -0.4 is 0 Å². The van der Waals surface area contributed by atoms with Gasteiger partial charge < -0.3 is 24.4 Å². The smallest absolute Gasteiger partial charge is 0.313 e. The van der Waals surface area contributed by atoms with Crippen molar-refractivity contribution in [2.24, 2.45) is 11.8 Å². The molecular weight excluding hydrogens is 424 g/mol. The number of amides is 2. The fourth-order valence-electron chi connectivity index (χ4n) is 5.85. The molecule has 0 aliphatic carbocycles. The fraction of sp³-hybridized carbons (Fsp3) is 0.480. The summed E-state index contributed by atoms with van der Waals surface area (Å²) in [6.45, 7) is 3.98. The maximum absolute atomic E-state index is 14.0. The van der Waals surface area contributed by atoms with Crippen LogP contribution in [0.5, 0.6) is 0 Å². The molecule has 0 saturated carbocycles. The van der Waals surface area contributed by atoms with Crippen molar-refractivity contribution in [1.29, 1.82) is 0 Å². The van der Waals surface area contributed by atoms with Crippen molar-refractivity contribution < 1.29 is 29.0 Å². The largest absolute Gasteiger partial charge is 0.461 e. The summed E-state index contributed by atoms with van der Waals surface area (Å²) in [5.74, 6) is -2.96. The van der Waals surface area contributed by atoms with Crippen LogP contribution in [0.2, 0.25) is 0 Å². The van der Waals surface area contributed by atoms with E-state index in [2.05, 4.69) is 0 Å². The summed E-state index contributed by atoms with van der Waals surface area (Å²) in [5.41, 5.74) is -1.45. The normalized spacial score (nSPS) is 36.1. The van der Waals surface area contributed by atoms with Crippen LogP contribution in [0.25, 0.3) is 0 Å². The maximum atomic E-state index is 14.0. The van der Waals surface area contributed by atoms with E-state index in [0.717, 1.165) is 5.56 Å². The monoisotopic (exact) mass is 452 g/mol. The zero-order valence-electron chi connectivity index (χ0n) is 18.7. The van der Waals surface area contributed by atoms with Gasteiger partial charge in [-0.25, -0.2) is 0 Å². The minimum atomic E-state index is -1.33. The number of benzene rings is 1. The predicted octanol–water partition coefficient (Wildman–Crippen LogP) is 1.05. The van der Waals surface area contributed by atoms with Crippen molar-refractivity contribution in [3.8, 4) is 0 Å². The van der Waals surface area contributed by atoms with Crippen LogP contribution in [0.1, 0.15) is 19.4 Å². The minimum absolute atomic E-state index is 0.113. The summed E-state index contributed by atoms with van der Waals surface area (Å²) >= 11 is 0. The first-order valence-electron chi connectivity index (χ1n) is 11.3. The third-order valence-electron chi connectivity index (χ3n) is 7.29. The maximum Gasteiger partial charge on any atom is 0.313 e. The molecule has 5 rings (SSSR count). The van der Waals surface area contributed by atoms with Crippen LogP contribution in [0, 0.1) is 11.8 Å². The lowest BCUT2D eigenvalue weighted by Crippen LogP contribution is -2.58. The Morgan fingerprint density at radius 1 is 1.09 bits per heavy atom. The summed E-state index contributed by atoms with van der Waals surface area (Å²) in [6.07, 6.45) is 7.11. The van der Waals surface area contributed by atoms with Crippen LogP contribution >= 0.6 is 0 Å². The van der Waals surface area contributed by atoms with Gasteiger partial charge in [0.15, 0.2) is 0 Å². The Hall–Kier alpha value is -2.97. The average molecular weight is 453 g/mol. The Morgan fingerprint density at radius 2 is 1.85 bits per heavy atom. The Morgan fingerprint density at radius 3 is 2.58 bits per heavy atom. The van der Waals surface area contributed by atoms with Gasteiger partial charge in [-0.05, 0) is 25.5 Å². The molecule has 4 aliphatic heterocycles. The molecule has 0 aromatic heterocycles. The van der Waals surface area contributed by atoms with Gasteiger partial charge in [0.1, 0.15) is 24.2 Å². The number of rotatable bonds is 4. The molecule has 33 heavy (non-hydrogen) atoms. The molecule has 2 fully saturated rings. The molecule has 4 heterocycles. The van der Waals surface area contributed by atoms with Gasteiger partial charge in [0.25, 0.3) is 0 Å². The Labute approximate surface area is 192 Å². The molecule has 2 saturated heterocycles. The lowest BCUT2D eigenvalue weighted by atomic mass is 9.75. The highest BCUT2D eigenvalue weighted by molar-refractivity contribution is 5.99. The Balaban J connectivity index is 1.61. The van der Waals surface area contributed by atoms with Crippen LogP contribution in [-0.4, -0.2) is 75.7 Å². The van der Waals surface area contributed by atoms with Gasteiger partial charge in [-0.15, -0.1) is 0 Å². The first-order chi connectivity index (χ1) is 15.8. The molecule has 1 aromatic rings. The molecule has 174 valence electrons. The number of carbonyl (C=O) groups excluding carboxylic acids is 3. The lowest BCUT2D eigenvalue weighted by molar-refractivity contribution is -0.159. The highest BCUT2D eigenvalue weighted by atomic mass is 16.6. The van der Waals surface area contributed by atoms with Crippen molar-refractivity contribution in [3.63, 3.8) is 0 Å². The first kappa shape index (κ1) is 21.9. The van der Waals surface area contributed by atoms with E-state index in [-0.39, 0.29) is 25.0 Å². The number of hydrogen-bond donors (Lipinski definition) is 1. The molecule has 0 bridgehead atoms. The zero-order valence-corrected chi connectivity index (χ0v) is 18.7. The molecule has 1 aromatic carbocycles. The van der Waals surface area contributed by atoms with Gasteiger partial charge in [-0.2, -0.15) is 0 Å². The molecule has 4 aliphatic rings. The van der Waals surface area contributed by atoms with E-state index in [9.17, 15) is 19.5 Å². The molecule has 0 radical (unpaired) electrons. The third-order valence-corrected chi connectivity index (χ3v) is 7.29.